The Bertz CT molecular complexity index is 410. The standard InChI is InChI=1S/C12H24N2O4S/c1-4-9(2)11(12(15)16)13-19(17,18)14-8-6-5-7-10(14)3/h9-11,13H,4-8H2,1-3H3,(H,15,16). The Morgan fingerprint density at radius 2 is 2.11 bits per heavy atom. The van der Waals surface area contributed by atoms with Gasteiger partial charge in [-0.2, -0.15) is 17.4 Å². The monoisotopic (exact) mass is 292 g/mol. The maximum Gasteiger partial charge on any atom is 0.322 e. The summed E-state index contributed by atoms with van der Waals surface area (Å²) < 4.78 is 28.3. The van der Waals surface area contributed by atoms with Crippen LogP contribution in [0.4, 0.5) is 0 Å². The lowest BCUT2D eigenvalue weighted by Crippen LogP contribution is -2.54. The van der Waals surface area contributed by atoms with Gasteiger partial charge in [-0.3, -0.25) is 4.79 Å². The first kappa shape index (κ1) is 16.4. The van der Waals surface area contributed by atoms with Crippen molar-refractivity contribution in [2.24, 2.45) is 5.92 Å². The number of carbonyl (C=O) groups is 1. The molecule has 0 aliphatic carbocycles. The molecule has 0 amide bonds. The molecule has 3 atom stereocenters. The third-order valence-corrected chi connectivity index (χ3v) is 5.52. The van der Waals surface area contributed by atoms with Gasteiger partial charge in [-0.25, -0.2) is 0 Å². The number of nitrogens with one attached hydrogen (secondary N) is 1. The van der Waals surface area contributed by atoms with Crippen molar-refractivity contribution in [3.05, 3.63) is 0 Å². The van der Waals surface area contributed by atoms with Crippen LogP contribution < -0.4 is 4.72 Å². The van der Waals surface area contributed by atoms with Crippen molar-refractivity contribution in [2.75, 3.05) is 6.54 Å². The Morgan fingerprint density at radius 3 is 2.58 bits per heavy atom. The van der Waals surface area contributed by atoms with Gasteiger partial charge < -0.3 is 5.11 Å². The number of rotatable bonds is 6. The molecule has 2 N–H and O–H groups in total. The van der Waals surface area contributed by atoms with Gasteiger partial charge in [-0.1, -0.05) is 26.7 Å². The van der Waals surface area contributed by atoms with Crippen LogP contribution in [0, 0.1) is 5.92 Å². The molecule has 0 spiro atoms. The highest BCUT2D eigenvalue weighted by Crippen LogP contribution is 2.20. The molecule has 1 saturated heterocycles. The Balaban J connectivity index is 2.84. The van der Waals surface area contributed by atoms with Crippen molar-refractivity contribution in [1.29, 1.82) is 0 Å². The van der Waals surface area contributed by atoms with Gasteiger partial charge in [0.2, 0.25) is 0 Å². The van der Waals surface area contributed by atoms with Crippen LogP contribution in [0.1, 0.15) is 46.5 Å². The molecule has 1 heterocycles. The second-order valence-electron chi connectivity index (χ2n) is 5.28. The van der Waals surface area contributed by atoms with E-state index >= 15 is 0 Å². The second-order valence-corrected chi connectivity index (χ2v) is 6.93. The zero-order valence-corrected chi connectivity index (χ0v) is 12.6. The van der Waals surface area contributed by atoms with Gasteiger partial charge in [0.1, 0.15) is 6.04 Å². The summed E-state index contributed by atoms with van der Waals surface area (Å²) in [5.41, 5.74) is 0. The van der Waals surface area contributed by atoms with E-state index in [2.05, 4.69) is 4.72 Å². The molecule has 0 bridgehead atoms. The van der Waals surface area contributed by atoms with Gasteiger partial charge in [0, 0.05) is 12.6 Å². The maximum atomic E-state index is 12.3. The summed E-state index contributed by atoms with van der Waals surface area (Å²) >= 11 is 0. The van der Waals surface area contributed by atoms with E-state index in [1.165, 1.54) is 4.31 Å². The normalized spacial score (nSPS) is 24.9. The fourth-order valence-electron chi connectivity index (χ4n) is 2.30. The maximum absolute atomic E-state index is 12.3. The summed E-state index contributed by atoms with van der Waals surface area (Å²) in [7, 11) is -3.73. The van der Waals surface area contributed by atoms with E-state index in [0.717, 1.165) is 19.3 Å². The molecule has 1 fully saturated rings. The molecular weight excluding hydrogens is 268 g/mol. The SMILES string of the molecule is CCC(C)C(NS(=O)(=O)N1CCCCC1C)C(=O)O. The van der Waals surface area contributed by atoms with E-state index < -0.39 is 22.2 Å². The van der Waals surface area contributed by atoms with E-state index in [1.54, 1.807) is 6.92 Å². The minimum absolute atomic E-state index is 0.0716. The summed E-state index contributed by atoms with van der Waals surface area (Å²) in [5.74, 6) is -1.37. The Kier molecular flexibility index (Phi) is 5.76. The molecule has 1 aliphatic heterocycles. The summed E-state index contributed by atoms with van der Waals surface area (Å²) in [6.07, 6.45) is 3.27. The van der Waals surface area contributed by atoms with Gasteiger partial charge >= 0.3 is 5.97 Å². The van der Waals surface area contributed by atoms with Crippen LogP contribution in [0.5, 0.6) is 0 Å². The molecule has 1 rings (SSSR count). The number of hydrogen-bond donors (Lipinski definition) is 2. The minimum atomic E-state index is -3.73. The highest BCUT2D eigenvalue weighted by molar-refractivity contribution is 7.87. The Morgan fingerprint density at radius 1 is 1.47 bits per heavy atom. The molecule has 112 valence electrons. The number of carboxylic acid groups (broad SMARTS) is 1. The summed E-state index contributed by atoms with van der Waals surface area (Å²) in [4.78, 5) is 11.2. The number of nitrogens with zero attached hydrogens (tertiary/aromatic N) is 1. The van der Waals surface area contributed by atoms with Crippen molar-refractivity contribution >= 4 is 16.2 Å². The van der Waals surface area contributed by atoms with Gasteiger partial charge in [0.25, 0.3) is 10.2 Å². The molecule has 3 unspecified atom stereocenters. The largest absolute Gasteiger partial charge is 0.480 e. The van der Waals surface area contributed by atoms with Crippen LogP contribution in [-0.4, -0.2) is 42.4 Å². The molecule has 19 heavy (non-hydrogen) atoms. The first-order valence-electron chi connectivity index (χ1n) is 6.81. The Hall–Kier alpha value is -0.660. The average Bonchev–Trinajstić information content (AvgIpc) is 2.35. The predicted octanol–water partition coefficient (Wildman–Crippen LogP) is 1.19. The third kappa shape index (κ3) is 4.15. The summed E-state index contributed by atoms with van der Waals surface area (Å²) in [5, 5.41) is 9.16. The quantitative estimate of drug-likeness (QED) is 0.770. The van der Waals surface area contributed by atoms with Crippen LogP contribution in [0.2, 0.25) is 0 Å². The lowest BCUT2D eigenvalue weighted by molar-refractivity contribution is -0.140. The molecule has 1 aliphatic rings. The van der Waals surface area contributed by atoms with Crippen molar-refractivity contribution in [2.45, 2.75) is 58.5 Å². The number of aliphatic carboxylic acids is 1. The van der Waals surface area contributed by atoms with Crippen molar-refractivity contribution < 1.29 is 18.3 Å². The average molecular weight is 292 g/mol. The van der Waals surface area contributed by atoms with Crippen molar-refractivity contribution in [1.82, 2.24) is 9.03 Å². The molecule has 0 saturated carbocycles. The van der Waals surface area contributed by atoms with Crippen molar-refractivity contribution in [3.63, 3.8) is 0 Å². The second kappa shape index (κ2) is 6.67. The van der Waals surface area contributed by atoms with Crippen molar-refractivity contribution in [3.8, 4) is 0 Å². The van der Waals surface area contributed by atoms with Crippen LogP contribution in [0.15, 0.2) is 0 Å². The molecule has 0 radical (unpaired) electrons. The smallest absolute Gasteiger partial charge is 0.322 e. The summed E-state index contributed by atoms with van der Waals surface area (Å²) in [6, 6.07) is -1.14. The van der Waals surface area contributed by atoms with E-state index in [1.807, 2.05) is 13.8 Å². The molecular formula is C12H24N2O4S. The van der Waals surface area contributed by atoms with E-state index in [4.69, 9.17) is 5.11 Å². The van der Waals surface area contributed by atoms with Gasteiger partial charge in [0.05, 0.1) is 0 Å². The first-order valence-corrected chi connectivity index (χ1v) is 8.25. The molecule has 7 heteroatoms. The fraction of sp³-hybridized carbons (Fsp3) is 0.917. The van der Waals surface area contributed by atoms with E-state index in [9.17, 15) is 13.2 Å². The van der Waals surface area contributed by atoms with Crippen LogP contribution >= 0.6 is 0 Å². The highest BCUT2D eigenvalue weighted by Gasteiger charge is 2.35. The van der Waals surface area contributed by atoms with Crippen LogP contribution in [0.3, 0.4) is 0 Å². The Labute approximate surface area is 115 Å². The van der Waals surface area contributed by atoms with E-state index in [0.29, 0.717) is 13.0 Å². The predicted molar refractivity (Wildman–Crippen MR) is 73.0 cm³/mol. The first-order chi connectivity index (χ1) is 8.79. The molecule has 0 aromatic heterocycles. The van der Waals surface area contributed by atoms with Crippen LogP contribution in [-0.2, 0) is 15.0 Å². The lowest BCUT2D eigenvalue weighted by Gasteiger charge is -2.33. The van der Waals surface area contributed by atoms with Gasteiger partial charge in [-0.05, 0) is 25.7 Å². The van der Waals surface area contributed by atoms with Gasteiger partial charge in [0.15, 0.2) is 0 Å². The summed E-state index contributed by atoms with van der Waals surface area (Å²) in [6.45, 7) is 5.90. The van der Waals surface area contributed by atoms with E-state index in [-0.39, 0.29) is 12.0 Å². The molecule has 0 aromatic carbocycles. The molecule has 6 nitrogen and oxygen atoms in total. The fourth-order valence-corrected chi connectivity index (χ4v) is 4.04. The lowest BCUT2D eigenvalue weighted by atomic mass is 10.0. The zero-order chi connectivity index (χ0) is 14.6. The third-order valence-electron chi connectivity index (χ3n) is 3.81. The van der Waals surface area contributed by atoms with Crippen LogP contribution in [0.25, 0.3) is 0 Å². The number of piperidine rings is 1. The molecule has 0 aromatic rings. The number of hydrogen-bond acceptors (Lipinski definition) is 3. The minimum Gasteiger partial charge on any atom is -0.480 e. The van der Waals surface area contributed by atoms with Gasteiger partial charge in [-0.15, -0.1) is 0 Å². The number of carboxylic acids is 1. The zero-order valence-electron chi connectivity index (χ0n) is 11.8. The topological polar surface area (TPSA) is 86.7 Å². The highest BCUT2D eigenvalue weighted by atomic mass is 32.2.